The molecule has 0 aliphatic rings. The van der Waals surface area contributed by atoms with E-state index in [0.29, 0.717) is 12.5 Å². The number of aromatic nitrogens is 2. The Labute approximate surface area is 171 Å². The van der Waals surface area contributed by atoms with E-state index in [4.69, 9.17) is 4.74 Å². The number of aryl methyl sites for hydroxylation is 1. The van der Waals surface area contributed by atoms with Crippen LogP contribution in [0.25, 0.3) is 0 Å². The van der Waals surface area contributed by atoms with E-state index in [1.54, 1.807) is 6.07 Å². The number of carbonyl (C=O) groups excluding carboxylic acids is 1. The minimum Gasteiger partial charge on any atom is -0.473 e. The Bertz CT molecular complexity index is 956. The minimum atomic E-state index is -0.296. The van der Waals surface area contributed by atoms with Gasteiger partial charge >= 0.3 is 0 Å². The van der Waals surface area contributed by atoms with Crippen molar-refractivity contribution in [3.8, 4) is 5.88 Å². The molecule has 1 aromatic heterocycles. The normalized spacial score (nSPS) is 10.4. The lowest BCUT2D eigenvalue weighted by Crippen LogP contribution is -2.22. The molecule has 0 fully saturated rings. The predicted octanol–water partition coefficient (Wildman–Crippen LogP) is 4.46. The van der Waals surface area contributed by atoms with Gasteiger partial charge < -0.3 is 15.0 Å². The largest absolute Gasteiger partial charge is 0.473 e. The van der Waals surface area contributed by atoms with Gasteiger partial charge in [-0.1, -0.05) is 30.3 Å². The number of amides is 1. The number of nitrogens with zero attached hydrogens (tertiary/aromatic N) is 3. The molecule has 1 amide bonds. The predicted molar refractivity (Wildman–Crippen MR) is 115 cm³/mol. The Morgan fingerprint density at radius 3 is 2.48 bits per heavy atom. The summed E-state index contributed by atoms with van der Waals surface area (Å²) in [6.07, 6.45) is 1.34. The van der Waals surface area contributed by atoms with Crippen LogP contribution in [0.1, 0.15) is 35.5 Å². The van der Waals surface area contributed by atoms with E-state index < -0.39 is 0 Å². The van der Waals surface area contributed by atoms with Gasteiger partial charge in [0.2, 0.25) is 5.88 Å². The average Bonchev–Trinajstić information content (AvgIpc) is 2.76. The number of anilines is 2. The van der Waals surface area contributed by atoms with E-state index in [1.807, 2.05) is 49.4 Å². The van der Waals surface area contributed by atoms with Gasteiger partial charge in [0, 0.05) is 30.5 Å². The van der Waals surface area contributed by atoms with Crippen molar-refractivity contribution < 1.29 is 9.53 Å². The smallest absolute Gasteiger partial charge is 0.274 e. The van der Waals surface area contributed by atoms with Crippen molar-refractivity contribution in [1.29, 1.82) is 0 Å². The van der Waals surface area contributed by atoms with Crippen molar-refractivity contribution >= 4 is 17.3 Å². The molecule has 0 bridgehead atoms. The average molecular weight is 390 g/mol. The van der Waals surface area contributed by atoms with Crippen LogP contribution in [0.5, 0.6) is 5.88 Å². The Morgan fingerprint density at radius 2 is 1.79 bits per heavy atom. The van der Waals surface area contributed by atoms with Gasteiger partial charge in [-0.25, -0.2) is 9.97 Å². The highest BCUT2D eigenvalue weighted by Crippen LogP contribution is 2.23. The van der Waals surface area contributed by atoms with E-state index >= 15 is 0 Å². The second kappa shape index (κ2) is 9.68. The van der Waals surface area contributed by atoms with Gasteiger partial charge in [0.15, 0.2) is 0 Å². The number of nitrogens with one attached hydrogen (secondary N) is 1. The zero-order valence-corrected chi connectivity index (χ0v) is 17.1. The molecule has 2 aromatic carbocycles. The summed E-state index contributed by atoms with van der Waals surface area (Å²) in [6.45, 7) is 8.49. The van der Waals surface area contributed by atoms with Crippen molar-refractivity contribution in [2.45, 2.75) is 27.4 Å². The van der Waals surface area contributed by atoms with Crippen LogP contribution in [0.15, 0.2) is 60.9 Å². The van der Waals surface area contributed by atoms with Crippen molar-refractivity contribution in [3.63, 3.8) is 0 Å². The number of ether oxygens (including phenoxy) is 1. The summed E-state index contributed by atoms with van der Waals surface area (Å²) in [6, 6.07) is 17.4. The van der Waals surface area contributed by atoms with Gasteiger partial charge in [-0.15, -0.1) is 0 Å². The van der Waals surface area contributed by atoms with Gasteiger partial charge in [-0.3, -0.25) is 4.79 Å². The maximum absolute atomic E-state index is 12.7. The van der Waals surface area contributed by atoms with E-state index in [-0.39, 0.29) is 11.6 Å². The zero-order valence-electron chi connectivity index (χ0n) is 17.1. The molecule has 0 radical (unpaired) electrons. The fourth-order valence-electron chi connectivity index (χ4n) is 3.03. The third-order valence-corrected chi connectivity index (χ3v) is 4.69. The van der Waals surface area contributed by atoms with Crippen LogP contribution >= 0.6 is 0 Å². The number of rotatable bonds is 8. The third-order valence-electron chi connectivity index (χ3n) is 4.69. The highest BCUT2D eigenvalue weighted by Gasteiger charge is 2.12. The van der Waals surface area contributed by atoms with E-state index in [0.717, 1.165) is 35.6 Å². The Hall–Kier alpha value is -3.41. The molecule has 0 aliphatic carbocycles. The fraction of sp³-hybridized carbons (Fsp3) is 0.261. The lowest BCUT2D eigenvalue weighted by atomic mass is 10.1. The quantitative estimate of drug-likeness (QED) is 0.615. The first-order valence-electron chi connectivity index (χ1n) is 9.76. The number of hydrogen-bond acceptors (Lipinski definition) is 5. The Balaban J connectivity index is 1.68. The molecule has 6 heteroatoms. The lowest BCUT2D eigenvalue weighted by Gasteiger charge is -2.22. The molecule has 3 aromatic rings. The monoisotopic (exact) mass is 390 g/mol. The van der Waals surface area contributed by atoms with Crippen LogP contribution < -0.4 is 15.0 Å². The molecule has 6 nitrogen and oxygen atoms in total. The van der Waals surface area contributed by atoms with Gasteiger partial charge in [-0.2, -0.15) is 0 Å². The van der Waals surface area contributed by atoms with E-state index in [9.17, 15) is 4.79 Å². The molecular formula is C23H26N4O2. The SMILES string of the molecule is CCN(CC)c1ccc(NC(=O)c2cc(OCc3ccccc3)ncn2)c(C)c1. The minimum absolute atomic E-state index is 0.260. The van der Waals surface area contributed by atoms with Crippen molar-refractivity contribution in [1.82, 2.24) is 9.97 Å². The molecule has 0 atom stereocenters. The molecule has 150 valence electrons. The molecule has 0 saturated carbocycles. The van der Waals surface area contributed by atoms with Crippen LogP contribution in [0.2, 0.25) is 0 Å². The summed E-state index contributed by atoms with van der Waals surface area (Å²) in [4.78, 5) is 23.1. The van der Waals surface area contributed by atoms with Gasteiger partial charge in [0.1, 0.15) is 18.6 Å². The van der Waals surface area contributed by atoms with Gasteiger partial charge in [0.05, 0.1) is 0 Å². The summed E-state index contributed by atoms with van der Waals surface area (Å²) >= 11 is 0. The van der Waals surface area contributed by atoms with Gasteiger partial charge in [-0.05, 0) is 50.1 Å². The van der Waals surface area contributed by atoms with Crippen LogP contribution in [0.3, 0.4) is 0 Å². The highest BCUT2D eigenvalue weighted by atomic mass is 16.5. The molecule has 1 N–H and O–H groups in total. The lowest BCUT2D eigenvalue weighted by molar-refractivity contribution is 0.102. The first-order chi connectivity index (χ1) is 14.1. The van der Waals surface area contributed by atoms with Crippen LogP contribution in [-0.4, -0.2) is 29.0 Å². The molecule has 1 heterocycles. The van der Waals surface area contributed by atoms with Crippen LogP contribution in [0, 0.1) is 6.92 Å². The number of carbonyl (C=O) groups is 1. The van der Waals surface area contributed by atoms with E-state index in [2.05, 4.69) is 40.1 Å². The van der Waals surface area contributed by atoms with E-state index in [1.165, 1.54) is 6.33 Å². The summed E-state index contributed by atoms with van der Waals surface area (Å²) in [5.74, 6) is 0.0678. The molecule has 0 spiro atoms. The fourth-order valence-corrected chi connectivity index (χ4v) is 3.03. The summed E-state index contributed by atoms with van der Waals surface area (Å²) in [5, 5.41) is 2.93. The van der Waals surface area contributed by atoms with Crippen molar-refractivity contribution in [3.05, 3.63) is 77.7 Å². The second-order valence-corrected chi connectivity index (χ2v) is 6.64. The summed E-state index contributed by atoms with van der Waals surface area (Å²) < 4.78 is 5.69. The highest BCUT2D eigenvalue weighted by molar-refractivity contribution is 6.03. The summed E-state index contributed by atoms with van der Waals surface area (Å²) in [7, 11) is 0. The van der Waals surface area contributed by atoms with Crippen LogP contribution in [0.4, 0.5) is 11.4 Å². The Kier molecular flexibility index (Phi) is 6.79. The molecular weight excluding hydrogens is 364 g/mol. The standard InChI is InChI=1S/C23H26N4O2/c1-4-27(5-2)19-11-12-20(17(3)13-19)26-23(28)21-14-22(25-16-24-21)29-15-18-9-7-6-8-10-18/h6-14,16H,4-5,15H2,1-3H3,(H,26,28). The number of hydrogen-bond donors (Lipinski definition) is 1. The molecule has 0 unspecified atom stereocenters. The Morgan fingerprint density at radius 1 is 1.03 bits per heavy atom. The van der Waals surface area contributed by atoms with Crippen LogP contribution in [-0.2, 0) is 6.61 Å². The third kappa shape index (κ3) is 5.31. The molecule has 0 saturated heterocycles. The first-order valence-corrected chi connectivity index (χ1v) is 9.76. The van der Waals surface area contributed by atoms with Crippen molar-refractivity contribution in [2.24, 2.45) is 0 Å². The molecule has 29 heavy (non-hydrogen) atoms. The topological polar surface area (TPSA) is 67.4 Å². The molecule has 3 rings (SSSR count). The van der Waals surface area contributed by atoms with Crippen molar-refractivity contribution in [2.75, 3.05) is 23.3 Å². The number of benzene rings is 2. The maximum Gasteiger partial charge on any atom is 0.274 e. The zero-order chi connectivity index (χ0) is 20.6. The summed E-state index contributed by atoms with van der Waals surface area (Å²) in [5.41, 5.74) is 4.19. The first kappa shape index (κ1) is 20.3. The second-order valence-electron chi connectivity index (χ2n) is 6.64. The maximum atomic E-state index is 12.7. The van der Waals surface area contributed by atoms with Gasteiger partial charge in [0.25, 0.3) is 5.91 Å². The molecule has 0 aliphatic heterocycles.